The summed E-state index contributed by atoms with van der Waals surface area (Å²) in [6.45, 7) is 2.66. The van der Waals surface area contributed by atoms with Gasteiger partial charge in [0.1, 0.15) is 5.82 Å². The Morgan fingerprint density at radius 1 is 1.50 bits per heavy atom. The zero-order valence-corrected chi connectivity index (χ0v) is 9.99. The Bertz CT molecular complexity index is 492. The number of aryl methyl sites for hydroxylation is 2. The molecule has 0 bridgehead atoms. The van der Waals surface area contributed by atoms with E-state index >= 15 is 0 Å². The Balaban J connectivity index is 2.08. The van der Waals surface area contributed by atoms with Gasteiger partial charge in [0, 0.05) is 31.5 Å². The van der Waals surface area contributed by atoms with Crippen molar-refractivity contribution in [3.63, 3.8) is 0 Å². The molecular weight excluding hydrogens is 224 g/mol. The van der Waals surface area contributed by atoms with E-state index in [4.69, 9.17) is 11.6 Å². The standard InChI is InChI=1S/C11H13ClN4/c1-8-9(7-16(2)15-8)6-14-11-10(12)4-3-5-13-11/h3-5,7H,6H2,1-2H3,(H,13,14). The minimum absolute atomic E-state index is 0.629. The summed E-state index contributed by atoms with van der Waals surface area (Å²) in [5.41, 5.74) is 2.16. The van der Waals surface area contributed by atoms with Gasteiger partial charge in [0.2, 0.25) is 0 Å². The summed E-state index contributed by atoms with van der Waals surface area (Å²) < 4.78 is 1.80. The third kappa shape index (κ3) is 2.33. The number of nitrogens with one attached hydrogen (secondary N) is 1. The van der Waals surface area contributed by atoms with E-state index in [1.165, 1.54) is 0 Å². The predicted molar refractivity (Wildman–Crippen MR) is 64.5 cm³/mol. The van der Waals surface area contributed by atoms with Crippen molar-refractivity contribution in [2.45, 2.75) is 13.5 Å². The van der Waals surface area contributed by atoms with Crippen LogP contribution in [0.2, 0.25) is 5.02 Å². The van der Waals surface area contributed by atoms with Crippen LogP contribution >= 0.6 is 11.6 Å². The molecule has 0 aliphatic rings. The highest BCUT2D eigenvalue weighted by atomic mass is 35.5. The van der Waals surface area contributed by atoms with Crippen molar-refractivity contribution in [3.05, 3.63) is 40.8 Å². The average Bonchev–Trinajstić information content (AvgIpc) is 2.56. The molecule has 0 atom stereocenters. The van der Waals surface area contributed by atoms with Gasteiger partial charge in [0.25, 0.3) is 0 Å². The van der Waals surface area contributed by atoms with Gasteiger partial charge in [-0.15, -0.1) is 0 Å². The number of hydrogen-bond donors (Lipinski definition) is 1. The van der Waals surface area contributed by atoms with E-state index in [9.17, 15) is 0 Å². The summed E-state index contributed by atoms with van der Waals surface area (Å²) in [4.78, 5) is 4.16. The highest BCUT2D eigenvalue weighted by molar-refractivity contribution is 6.32. The van der Waals surface area contributed by atoms with Gasteiger partial charge in [0.05, 0.1) is 10.7 Å². The van der Waals surface area contributed by atoms with Crippen molar-refractivity contribution >= 4 is 17.4 Å². The Labute approximate surface area is 99.3 Å². The van der Waals surface area contributed by atoms with E-state index in [-0.39, 0.29) is 0 Å². The van der Waals surface area contributed by atoms with Crippen molar-refractivity contribution in [3.8, 4) is 0 Å². The monoisotopic (exact) mass is 236 g/mol. The lowest BCUT2D eigenvalue weighted by Crippen LogP contribution is -2.02. The van der Waals surface area contributed by atoms with E-state index in [0.29, 0.717) is 17.4 Å². The second-order valence-corrected chi connectivity index (χ2v) is 4.01. The second kappa shape index (κ2) is 4.53. The number of rotatable bonds is 3. The second-order valence-electron chi connectivity index (χ2n) is 3.60. The summed E-state index contributed by atoms with van der Waals surface area (Å²) in [6.07, 6.45) is 3.70. The molecule has 0 aliphatic heterocycles. The molecule has 2 heterocycles. The van der Waals surface area contributed by atoms with Crippen LogP contribution in [0.5, 0.6) is 0 Å². The van der Waals surface area contributed by atoms with Crippen LogP contribution < -0.4 is 5.32 Å². The third-order valence-electron chi connectivity index (χ3n) is 2.32. The summed E-state index contributed by atoms with van der Waals surface area (Å²) in [5.74, 6) is 0.701. The zero-order chi connectivity index (χ0) is 11.5. The van der Waals surface area contributed by atoms with Gasteiger partial charge in [-0.2, -0.15) is 5.10 Å². The van der Waals surface area contributed by atoms with E-state index in [1.807, 2.05) is 32.3 Å². The third-order valence-corrected chi connectivity index (χ3v) is 2.62. The van der Waals surface area contributed by atoms with Crippen LogP contribution in [0.1, 0.15) is 11.3 Å². The summed E-state index contributed by atoms with van der Waals surface area (Å²) in [5, 5.41) is 8.08. The molecule has 16 heavy (non-hydrogen) atoms. The lowest BCUT2D eigenvalue weighted by Gasteiger charge is -2.05. The number of halogens is 1. The van der Waals surface area contributed by atoms with Crippen LogP contribution in [-0.2, 0) is 13.6 Å². The molecular formula is C11H13ClN4. The molecule has 2 aromatic heterocycles. The molecule has 0 saturated carbocycles. The molecule has 84 valence electrons. The number of aromatic nitrogens is 3. The van der Waals surface area contributed by atoms with Gasteiger partial charge in [-0.1, -0.05) is 11.6 Å². The molecule has 0 aromatic carbocycles. The lowest BCUT2D eigenvalue weighted by atomic mass is 10.2. The molecule has 1 N–H and O–H groups in total. The molecule has 0 saturated heterocycles. The minimum Gasteiger partial charge on any atom is -0.365 e. The first-order valence-corrected chi connectivity index (χ1v) is 5.38. The Kier molecular flexibility index (Phi) is 3.10. The normalized spacial score (nSPS) is 10.4. The molecule has 0 aliphatic carbocycles. The van der Waals surface area contributed by atoms with Crippen LogP contribution in [-0.4, -0.2) is 14.8 Å². The average molecular weight is 237 g/mol. The summed E-state index contributed by atoms with van der Waals surface area (Å²) in [7, 11) is 1.91. The molecule has 0 amide bonds. The van der Waals surface area contributed by atoms with Gasteiger partial charge in [0.15, 0.2) is 0 Å². The molecule has 0 radical (unpaired) electrons. The van der Waals surface area contributed by atoms with Crippen LogP contribution in [0, 0.1) is 6.92 Å². The fraction of sp³-hybridized carbons (Fsp3) is 0.273. The maximum atomic E-state index is 5.99. The van der Waals surface area contributed by atoms with Crippen molar-refractivity contribution in [1.82, 2.24) is 14.8 Å². The first-order chi connectivity index (χ1) is 7.66. The number of nitrogens with zero attached hydrogens (tertiary/aromatic N) is 3. The fourth-order valence-electron chi connectivity index (χ4n) is 1.52. The van der Waals surface area contributed by atoms with Crippen LogP contribution in [0.3, 0.4) is 0 Å². The Morgan fingerprint density at radius 3 is 2.94 bits per heavy atom. The van der Waals surface area contributed by atoms with E-state index in [0.717, 1.165) is 11.3 Å². The van der Waals surface area contributed by atoms with Crippen molar-refractivity contribution in [2.24, 2.45) is 7.05 Å². The van der Waals surface area contributed by atoms with Crippen LogP contribution in [0.25, 0.3) is 0 Å². The van der Waals surface area contributed by atoms with Gasteiger partial charge in [-0.25, -0.2) is 4.98 Å². The van der Waals surface area contributed by atoms with Crippen molar-refractivity contribution in [1.29, 1.82) is 0 Å². The maximum absolute atomic E-state index is 5.99. The first kappa shape index (κ1) is 11.0. The van der Waals surface area contributed by atoms with Crippen molar-refractivity contribution in [2.75, 3.05) is 5.32 Å². The Morgan fingerprint density at radius 2 is 2.31 bits per heavy atom. The first-order valence-electron chi connectivity index (χ1n) is 5.00. The molecule has 2 rings (SSSR count). The predicted octanol–water partition coefficient (Wildman–Crippen LogP) is 2.39. The highest BCUT2D eigenvalue weighted by Crippen LogP contribution is 2.18. The topological polar surface area (TPSA) is 42.7 Å². The summed E-state index contributed by atoms with van der Waals surface area (Å²) >= 11 is 5.99. The fourth-order valence-corrected chi connectivity index (χ4v) is 1.71. The van der Waals surface area contributed by atoms with Crippen molar-refractivity contribution < 1.29 is 0 Å². The van der Waals surface area contributed by atoms with Crippen LogP contribution in [0.15, 0.2) is 24.5 Å². The number of hydrogen-bond acceptors (Lipinski definition) is 3. The largest absolute Gasteiger partial charge is 0.365 e. The Hall–Kier alpha value is -1.55. The van der Waals surface area contributed by atoms with E-state index in [1.54, 1.807) is 10.9 Å². The smallest absolute Gasteiger partial charge is 0.145 e. The molecule has 0 fully saturated rings. The van der Waals surface area contributed by atoms with Gasteiger partial charge < -0.3 is 5.32 Å². The molecule has 0 unspecified atom stereocenters. The molecule has 0 spiro atoms. The zero-order valence-electron chi connectivity index (χ0n) is 9.24. The number of pyridine rings is 1. The molecule has 5 heteroatoms. The number of anilines is 1. The van der Waals surface area contributed by atoms with E-state index in [2.05, 4.69) is 15.4 Å². The van der Waals surface area contributed by atoms with Gasteiger partial charge in [-0.05, 0) is 19.1 Å². The van der Waals surface area contributed by atoms with Gasteiger partial charge in [-0.3, -0.25) is 4.68 Å². The van der Waals surface area contributed by atoms with Crippen LogP contribution in [0.4, 0.5) is 5.82 Å². The lowest BCUT2D eigenvalue weighted by molar-refractivity contribution is 0.756. The van der Waals surface area contributed by atoms with E-state index < -0.39 is 0 Å². The molecule has 2 aromatic rings. The van der Waals surface area contributed by atoms with Gasteiger partial charge >= 0.3 is 0 Å². The summed E-state index contributed by atoms with van der Waals surface area (Å²) in [6, 6.07) is 3.62. The molecule has 4 nitrogen and oxygen atoms in total. The highest BCUT2D eigenvalue weighted by Gasteiger charge is 2.04. The maximum Gasteiger partial charge on any atom is 0.145 e. The minimum atomic E-state index is 0.629. The quantitative estimate of drug-likeness (QED) is 0.890. The SMILES string of the molecule is Cc1nn(C)cc1CNc1ncccc1Cl.